The number of ether oxygens (including phenoxy) is 4. The highest BCUT2D eigenvalue weighted by atomic mass is 16.5. The number of hydrogen-bond acceptors (Lipinski definition) is 8. The van der Waals surface area contributed by atoms with Gasteiger partial charge in [-0.25, -0.2) is 0 Å². The van der Waals surface area contributed by atoms with Crippen LogP contribution in [-0.4, -0.2) is 26.4 Å². The van der Waals surface area contributed by atoms with Gasteiger partial charge in [0.1, 0.15) is 23.0 Å². The van der Waals surface area contributed by atoms with Crippen molar-refractivity contribution in [2.75, 3.05) is 26.4 Å². The number of aryl methyl sites for hydroxylation is 3. The van der Waals surface area contributed by atoms with Crippen molar-refractivity contribution in [2.24, 2.45) is 20.5 Å². The predicted octanol–water partition coefficient (Wildman–Crippen LogP) is 27.3. The summed E-state index contributed by atoms with van der Waals surface area (Å²) in [5.74, 6) is 4.58. The van der Waals surface area contributed by atoms with Crippen molar-refractivity contribution in [1.29, 1.82) is 0 Å². The molecule has 0 saturated carbocycles. The first kappa shape index (κ1) is 74.4. The molecule has 1 unspecified atom stereocenters. The highest BCUT2D eigenvalue weighted by molar-refractivity contribution is 5.72. The van der Waals surface area contributed by atoms with Crippen molar-refractivity contribution in [3.8, 4) is 45.3 Å². The highest BCUT2D eigenvalue weighted by Crippen LogP contribution is 2.38. The van der Waals surface area contributed by atoms with Crippen LogP contribution < -0.4 is 18.9 Å². The number of hydrogen-bond donors (Lipinski definition) is 0. The van der Waals surface area contributed by atoms with E-state index in [0.29, 0.717) is 11.8 Å². The topological polar surface area (TPSA) is 86.4 Å². The zero-order valence-electron chi connectivity index (χ0n) is 58.4. The summed E-state index contributed by atoms with van der Waals surface area (Å²) in [5.41, 5.74) is 14.4. The zero-order chi connectivity index (χ0) is 64.4. The van der Waals surface area contributed by atoms with Gasteiger partial charge in [0.15, 0.2) is 0 Å². The number of unbranched alkanes of at least 4 members (excludes halogenated alkanes) is 22. The standard InChI is InChI=1S/C43H64N2O2.C39H56N2O2/c1-6-9-11-12-13-14-15-16-17-18-19-20-21-22-32-47-43-30-26-39(34-42(43)35(4)8-3)45-44-38-25-29-41(36(5)33-38)37-23-27-40(28-24-37)46-31-10-7-2;1-7-11-13-14-15-16-17-18-26-43-38-24-21-35(29-37(38)30(5)6)40-41-39-31(9-3)27-34(28-32(39)10-4)33-19-22-36(23-20-33)42-25-12-8-2/h23-30,33-35H,6-22,31-32H2,1-5H3;19-24,27-30H,7-18,25-26H2,1-6H3. The summed E-state index contributed by atoms with van der Waals surface area (Å²) in [4.78, 5) is 0. The van der Waals surface area contributed by atoms with Crippen LogP contribution in [0.4, 0.5) is 22.7 Å². The maximum atomic E-state index is 6.31. The molecule has 6 aromatic rings. The predicted molar refractivity (Wildman–Crippen MR) is 386 cm³/mol. The van der Waals surface area contributed by atoms with E-state index in [1.54, 1.807) is 0 Å². The van der Waals surface area contributed by atoms with Crippen molar-refractivity contribution >= 4 is 22.7 Å². The van der Waals surface area contributed by atoms with Crippen molar-refractivity contribution in [1.82, 2.24) is 0 Å². The minimum absolute atomic E-state index is 0.351. The molecule has 0 saturated heterocycles. The van der Waals surface area contributed by atoms with E-state index >= 15 is 0 Å². The fourth-order valence-corrected chi connectivity index (χ4v) is 11.4. The third-order valence-corrected chi connectivity index (χ3v) is 17.4. The minimum atomic E-state index is 0.351. The summed E-state index contributed by atoms with van der Waals surface area (Å²) in [6.07, 6.45) is 36.9. The van der Waals surface area contributed by atoms with Crippen LogP contribution >= 0.6 is 0 Å². The van der Waals surface area contributed by atoms with Crippen LogP contribution in [0.1, 0.15) is 282 Å². The molecule has 8 heteroatoms. The van der Waals surface area contributed by atoms with Gasteiger partial charge in [-0.05, 0) is 199 Å². The fourth-order valence-electron chi connectivity index (χ4n) is 11.4. The van der Waals surface area contributed by atoms with E-state index < -0.39 is 0 Å². The second-order valence-electron chi connectivity index (χ2n) is 25.4. The van der Waals surface area contributed by atoms with Crippen molar-refractivity contribution in [2.45, 2.75) is 274 Å². The van der Waals surface area contributed by atoms with Crippen molar-refractivity contribution < 1.29 is 18.9 Å². The SMILES string of the molecule is CCCCCCCCCCCCCCCCOc1ccc(N=Nc2ccc(-c3ccc(OCCCC)cc3)c(C)c2)cc1C(C)CC.CCCCCCCCCCOc1ccc(N=Nc2c(CC)cc(-c3ccc(OCCCC)cc3)cc2CC)cc1C(C)C. The van der Waals surface area contributed by atoms with Crippen LogP contribution in [0.5, 0.6) is 23.0 Å². The number of benzene rings is 6. The summed E-state index contributed by atoms with van der Waals surface area (Å²) in [6.45, 7) is 27.4. The molecule has 0 heterocycles. The molecule has 90 heavy (non-hydrogen) atoms. The Morgan fingerprint density at radius 3 is 1.13 bits per heavy atom. The zero-order valence-corrected chi connectivity index (χ0v) is 58.4. The third kappa shape index (κ3) is 27.7. The molecule has 0 radical (unpaired) electrons. The average molecular weight is 1230 g/mol. The Morgan fingerprint density at radius 1 is 0.333 bits per heavy atom. The van der Waals surface area contributed by atoms with Crippen molar-refractivity contribution in [3.63, 3.8) is 0 Å². The largest absolute Gasteiger partial charge is 0.494 e. The molecule has 492 valence electrons. The molecule has 6 aromatic carbocycles. The number of azo groups is 2. The van der Waals surface area contributed by atoms with Gasteiger partial charge < -0.3 is 18.9 Å². The summed E-state index contributed by atoms with van der Waals surface area (Å²) < 4.78 is 24.2. The molecular formula is C82H120N4O4. The monoisotopic (exact) mass is 1220 g/mol. The first-order valence-corrected chi connectivity index (χ1v) is 36.2. The molecule has 0 fully saturated rings. The van der Waals surface area contributed by atoms with Gasteiger partial charge in [0.05, 0.1) is 49.2 Å². The molecule has 6 rings (SSSR count). The molecule has 0 aliphatic carbocycles. The normalized spacial score (nSPS) is 11.8. The quantitative estimate of drug-likeness (QED) is 0.0282. The summed E-state index contributed by atoms with van der Waals surface area (Å²) in [6, 6.07) is 40.2. The lowest BCUT2D eigenvalue weighted by Gasteiger charge is -2.16. The highest BCUT2D eigenvalue weighted by Gasteiger charge is 2.15. The van der Waals surface area contributed by atoms with E-state index in [-0.39, 0.29) is 0 Å². The van der Waals surface area contributed by atoms with Gasteiger partial charge >= 0.3 is 0 Å². The minimum Gasteiger partial charge on any atom is -0.494 e. The van der Waals surface area contributed by atoms with E-state index in [9.17, 15) is 0 Å². The molecule has 0 aromatic heterocycles. The van der Waals surface area contributed by atoms with E-state index in [4.69, 9.17) is 29.2 Å². The molecule has 0 aliphatic rings. The number of nitrogens with zero attached hydrogens (tertiary/aromatic N) is 4. The van der Waals surface area contributed by atoms with Gasteiger partial charge in [-0.1, -0.05) is 241 Å². The fraction of sp³-hybridized carbons (Fsp3) is 0.561. The lowest BCUT2D eigenvalue weighted by molar-refractivity contribution is 0.299. The molecule has 0 aliphatic heterocycles. The molecule has 0 bridgehead atoms. The van der Waals surface area contributed by atoms with Crippen LogP contribution in [0.15, 0.2) is 136 Å². The van der Waals surface area contributed by atoms with Crippen LogP contribution in [0.3, 0.4) is 0 Å². The average Bonchev–Trinajstić information content (AvgIpc) is 1.33. The Labute approximate surface area is 548 Å². The van der Waals surface area contributed by atoms with Crippen LogP contribution in [-0.2, 0) is 12.8 Å². The summed E-state index contributed by atoms with van der Waals surface area (Å²) in [7, 11) is 0. The lowest BCUT2D eigenvalue weighted by atomic mass is 9.95. The van der Waals surface area contributed by atoms with E-state index in [0.717, 1.165) is 130 Å². The second-order valence-corrected chi connectivity index (χ2v) is 25.4. The van der Waals surface area contributed by atoms with Gasteiger partial charge in [-0.15, -0.1) is 5.11 Å². The molecule has 1 atom stereocenters. The Kier molecular flexibility index (Phi) is 37.3. The van der Waals surface area contributed by atoms with Gasteiger partial charge in [0.25, 0.3) is 0 Å². The van der Waals surface area contributed by atoms with Crippen LogP contribution in [0.2, 0.25) is 0 Å². The second kappa shape index (κ2) is 45.1. The first-order chi connectivity index (χ1) is 44.0. The van der Waals surface area contributed by atoms with Gasteiger partial charge in [0.2, 0.25) is 0 Å². The molecular weight excluding hydrogens is 1100 g/mol. The molecule has 8 nitrogen and oxygen atoms in total. The van der Waals surface area contributed by atoms with Crippen LogP contribution in [0, 0.1) is 6.92 Å². The maximum Gasteiger partial charge on any atom is 0.122 e. The van der Waals surface area contributed by atoms with Gasteiger partial charge in [-0.2, -0.15) is 15.3 Å². The first-order valence-electron chi connectivity index (χ1n) is 36.2. The van der Waals surface area contributed by atoms with Gasteiger partial charge in [-0.3, -0.25) is 0 Å². The Bertz CT molecular complexity index is 2900. The van der Waals surface area contributed by atoms with E-state index in [2.05, 4.69) is 183 Å². The molecule has 0 amide bonds. The number of rotatable bonds is 45. The third-order valence-electron chi connectivity index (χ3n) is 17.4. The smallest absolute Gasteiger partial charge is 0.122 e. The summed E-state index contributed by atoms with van der Waals surface area (Å²) >= 11 is 0. The van der Waals surface area contributed by atoms with E-state index in [1.165, 1.54) is 178 Å². The molecule has 0 spiro atoms. The van der Waals surface area contributed by atoms with E-state index in [1.807, 2.05) is 18.2 Å². The molecule has 0 N–H and O–H groups in total. The van der Waals surface area contributed by atoms with Gasteiger partial charge in [0, 0.05) is 0 Å². The maximum absolute atomic E-state index is 6.31. The Balaban J connectivity index is 0.000000329. The van der Waals surface area contributed by atoms with Crippen LogP contribution in [0.25, 0.3) is 22.3 Å². The Hall–Kier alpha value is -6.28. The lowest BCUT2D eigenvalue weighted by Crippen LogP contribution is -2.02. The Morgan fingerprint density at radius 2 is 0.711 bits per heavy atom. The summed E-state index contributed by atoms with van der Waals surface area (Å²) in [5, 5.41) is 18.8. The van der Waals surface area contributed by atoms with Crippen molar-refractivity contribution in [3.05, 3.63) is 143 Å².